The fourth-order valence-corrected chi connectivity index (χ4v) is 0. The van der Waals surface area contributed by atoms with Gasteiger partial charge < -0.3 is 0 Å². The van der Waals surface area contributed by atoms with Crippen LogP contribution in [0.5, 0.6) is 0 Å². The summed E-state index contributed by atoms with van der Waals surface area (Å²) in [4.78, 5) is 0. The minimum absolute atomic E-state index is 3.55. The molecule has 0 aromatic carbocycles. The first-order valence-corrected chi connectivity index (χ1v) is 3.90. The monoisotopic (exact) mass is 324 g/mol. The Bertz CT molecular complexity index is 157. The van der Waals surface area contributed by atoms with Crippen LogP contribution in [0.3, 0.4) is 0 Å². The van der Waals surface area contributed by atoms with E-state index in [0.717, 1.165) is 0 Å². The molecule has 0 aliphatic rings. The predicted octanol–water partition coefficient (Wildman–Crippen LogP) is 5.03. The van der Waals surface area contributed by atoms with E-state index in [1.165, 1.54) is 0 Å². The molecule has 0 atom stereocenters. The summed E-state index contributed by atoms with van der Waals surface area (Å²) < 4.78 is 98.2. The fourth-order valence-electron chi connectivity index (χ4n) is 0. The average Bonchev–Trinajstić information content (AvgIpc) is 1.77. The molecule has 0 nitrogen and oxygen atoms in total. The number of hydrogen-bond acceptors (Lipinski definition) is 0. The number of hydrogen-bond donors (Lipinski definition) is 0. The van der Waals surface area contributed by atoms with Gasteiger partial charge in [-0.15, -0.1) is 0 Å². The fraction of sp³-hybridized carbons (Fsp3) is 1.00. The Morgan fingerprint density at radius 1 is 0.438 bits per heavy atom. The molecule has 0 aliphatic heterocycles. The molecule has 16 heavy (non-hydrogen) atoms. The lowest BCUT2D eigenvalue weighted by molar-refractivity contribution is -0.241. The van der Waals surface area contributed by atoms with Gasteiger partial charge in [0.05, 0.1) is 0 Å². The molecular weight excluding hydrogens is 325 g/mol. The summed E-state index contributed by atoms with van der Waals surface area (Å²) in [5, 5.41) is -14.4. The molecule has 0 unspecified atom stereocenters. The molecule has 0 rings (SSSR count). The first-order chi connectivity index (χ1) is 6.50. The molecule has 0 saturated carbocycles. The largest absolute Gasteiger partial charge is 0.469 e. The molecule has 12 heteroatoms. The van der Waals surface area contributed by atoms with Crippen molar-refractivity contribution in [3.05, 3.63) is 0 Å². The lowest BCUT2D eigenvalue weighted by atomic mass is 10.7. The molecular formula is C4Cl3F9. The number of rotatable bonds is 1. The second kappa shape index (κ2) is 5.26. The minimum atomic E-state index is -5.63. The lowest BCUT2D eigenvalue weighted by Gasteiger charge is -2.11. The molecule has 0 aliphatic carbocycles. The van der Waals surface area contributed by atoms with Crippen molar-refractivity contribution in [2.75, 3.05) is 0 Å². The van der Waals surface area contributed by atoms with E-state index < -0.39 is 22.3 Å². The molecule has 0 bridgehead atoms. The van der Waals surface area contributed by atoms with Crippen LogP contribution in [0.1, 0.15) is 0 Å². The number of halogens is 12. The highest BCUT2D eigenvalue weighted by atomic mass is 35.5. The second-order valence-electron chi connectivity index (χ2n) is 1.99. The van der Waals surface area contributed by atoms with Gasteiger partial charge in [0.1, 0.15) is 0 Å². The van der Waals surface area contributed by atoms with E-state index in [9.17, 15) is 39.5 Å². The third-order valence-electron chi connectivity index (χ3n) is 0.643. The molecule has 0 aromatic heterocycles. The van der Waals surface area contributed by atoms with Crippen molar-refractivity contribution in [1.82, 2.24) is 0 Å². The Morgan fingerprint density at radius 3 is 0.562 bits per heavy atom. The zero-order valence-electron chi connectivity index (χ0n) is 6.54. The first-order valence-electron chi connectivity index (χ1n) is 2.77. The summed E-state index contributed by atoms with van der Waals surface area (Å²) in [6, 6.07) is 0. The Morgan fingerprint density at radius 2 is 0.562 bits per heavy atom. The van der Waals surface area contributed by atoms with Crippen molar-refractivity contribution in [1.29, 1.82) is 0 Å². The van der Waals surface area contributed by atoms with Crippen LogP contribution in [0, 0.1) is 0 Å². The van der Waals surface area contributed by atoms with Crippen LogP contribution in [0.15, 0.2) is 0 Å². The molecule has 0 fully saturated rings. The van der Waals surface area contributed by atoms with Crippen LogP contribution in [-0.2, 0) is 0 Å². The normalized spacial score (nSPS) is 14.2. The van der Waals surface area contributed by atoms with Crippen LogP contribution in [-0.4, -0.2) is 22.3 Å². The van der Waals surface area contributed by atoms with E-state index in [-0.39, 0.29) is 0 Å². The first kappa shape index (κ1) is 18.6. The van der Waals surface area contributed by atoms with E-state index in [0.29, 0.717) is 0 Å². The van der Waals surface area contributed by atoms with Crippen LogP contribution in [0.25, 0.3) is 0 Å². The van der Waals surface area contributed by atoms with Gasteiger partial charge in [-0.3, -0.25) is 0 Å². The van der Waals surface area contributed by atoms with Gasteiger partial charge in [-0.05, 0) is 34.8 Å². The highest BCUT2D eigenvalue weighted by molar-refractivity contribution is 6.31. The van der Waals surface area contributed by atoms with Crippen molar-refractivity contribution in [2.24, 2.45) is 0 Å². The minimum Gasteiger partial charge on any atom is -0.179 e. The summed E-state index contributed by atoms with van der Waals surface area (Å²) in [6.07, 6.45) is -5.63. The maximum Gasteiger partial charge on any atom is 0.469 e. The molecule has 0 heterocycles. The summed E-state index contributed by atoms with van der Waals surface area (Å²) in [5.41, 5.74) is 0. The summed E-state index contributed by atoms with van der Waals surface area (Å²) in [6.45, 7) is 0. The second-order valence-corrected chi connectivity index (χ2v) is 3.42. The standard InChI is InChI=1S/C2Cl2F4.C2ClF5/c3-1(5,6)2(4,7)8;3-1(4,5)2(6,7)8. The smallest absolute Gasteiger partial charge is 0.179 e. The van der Waals surface area contributed by atoms with E-state index in [4.69, 9.17) is 0 Å². The molecule has 0 N–H and O–H groups in total. The van der Waals surface area contributed by atoms with Crippen molar-refractivity contribution in [3.8, 4) is 0 Å². The van der Waals surface area contributed by atoms with Crippen LogP contribution in [0.2, 0.25) is 0 Å². The number of alkyl halides is 12. The highest BCUT2D eigenvalue weighted by Crippen LogP contribution is 2.40. The van der Waals surface area contributed by atoms with E-state index in [2.05, 4.69) is 34.8 Å². The molecule has 0 radical (unpaired) electrons. The Kier molecular flexibility index (Phi) is 6.11. The van der Waals surface area contributed by atoms with Crippen LogP contribution >= 0.6 is 34.8 Å². The molecule has 100 valence electrons. The van der Waals surface area contributed by atoms with Gasteiger partial charge in [0.25, 0.3) is 0 Å². The zero-order chi connectivity index (χ0) is 14.0. The van der Waals surface area contributed by atoms with Gasteiger partial charge >= 0.3 is 22.3 Å². The van der Waals surface area contributed by atoms with E-state index in [1.807, 2.05) is 0 Å². The molecule has 0 aromatic rings. The molecule has 0 spiro atoms. The van der Waals surface area contributed by atoms with Crippen molar-refractivity contribution < 1.29 is 39.5 Å². The zero-order valence-corrected chi connectivity index (χ0v) is 8.80. The van der Waals surface area contributed by atoms with E-state index >= 15 is 0 Å². The van der Waals surface area contributed by atoms with Gasteiger partial charge in [-0.2, -0.15) is 39.5 Å². The Balaban J connectivity index is 0. The summed E-state index contributed by atoms with van der Waals surface area (Å²) in [7, 11) is 0. The van der Waals surface area contributed by atoms with Crippen molar-refractivity contribution in [3.63, 3.8) is 0 Å². The molecule has 0 saturated heterocycles. The van der Waals surface area contributed by atoms with Crippen molar-refractivity contribution >= 4 is 34.8 Å². The SMILES string of the molecule is FC(F)(Cl)C(F)(F)Cl.FC(F)(F)C(F)(F)Cl. The van der Waals surface area contributed by atoms with Gasteiger partial charge in [0.15, 0.2) is 0 Å². The third-order valence-corrected chi connectivity index (χ3v) is 1.43. The quantitative estimate of drug-likeness (QED) is 0.468. The Hall–Kier alpha value is 0.240. The third kappa shape index (κ3) is 7.50. The van der Waals surface area contributed by atoms with Crippen LogP contribution in [0.4, 0.5) is 39.5 Å². The van der Waals surface area contributed by atoms with Gasteiger partial charge in [-0.1, -0.05) is 0 Å². The maximum atomic E-state index is 11.1. The van der Waals surface area contributed by atoms with Gasteiger partial charge in [-0.25, -0.2) is 0 Å². The average molecular weight is 325 g/mol. The topological polar surface area (TPSA) is 0 Å². The highest BCUT2D eigenvalue weighted by Gasteiger charge is 2.56. The molecule has 0 amide bonds. The predicted molar refractivity (Wildman–Crippen MR) is 38.5 cm³/mol. The summed E-state index contributed by atoms with van der Waals surface area (Å²) >= 11 is 11.1. The lowest BCUT2D eigenvalue weighted by Crippen LogP contribution is -2.29. The summed E-state index contributed by atoms with van der Waals surface area (Å²) in [5.74, 6) is 0. The van der Waals surface area contributed by atoms with Gasteiger partial charge in [0, 0.05) is 0 Å². The maximum absolute atomic E-state index is 11.1. The van der Waals surface area contributed by atoms with E-state index in [1.54, 1.807) is 0 Å². The van der Waals surface area contributed by atoms with Crippen LogP contribution < -0.4 is 0 Å². The van der Waals surface area contributed by atoms with Gasteiger partial charge in [0.2, 0.25) is 0 Å². The van der Waals surface area contributed by atoms with Crippen molar-refractivity contribution in [2.45, 2.75) is 22.3 Å². The Labute approximate surface area is 97.2 Å².